The largest absolute Gasteiger partial charge is 0.338 e. The van der Waals surface area contributed by atoms with Gasteiger partial charge in [-0.3, -0.25) is 14.5 Å². The van der Waals surface area contributed by atoms with Gasteiger partial charge in [-0.15, -0.1) is 22.7 Å². The minimum atomic E-state index is 0.0783. The number of thiazole rings is 1. The zero-order valence-corrected chi connectivity index (χ0v) is 18.0. The Bertz CT molecular complexity index is 841. The minimum Gasteiger partial charge on any atom is -0.338 e. The Morgan fingerprint density at radius 2 is 2.00 bits per heavy atom. The minimum absolute atomic E-state index is 0.0783. The molecule has 2 aromatic heterocycles. The van der Waals surface area contributed by atoms with Crippen molar-refractivity contribution >= 4 is 34.5 Å². The molecule has 150 valence electrons. The van der Waals surface area contributed by atoms with Crippen LogP contribution in [0.25, 0.3) is 0 Å². The molecule has 2 aliphatic rings. The Hall–Kier alpha value is -1.77. The van der Waals surface area contributed by atoms with Gasteiger partial charge in [0, 0.05) is 37.1 Å². The Labute approximate surface area is 173 Å². The lowest BCUT2D eigenvalue weighted by atomic mass is 9.97. The standard InChI is InChI=1S/C20H26N4O2S2/c1-14-21-15-5-3-6-16(19(15)28-14)22(2)13-18(25)23-8-10-24(11-9-23)20(26)17-7-4-12-27-17/h4,7,12,16H,3,5-6,8-11,13H2,1-2H3. The summed E-state index contributed by atoms with van der Waals surface area (Å²) in [6, 6.07) is 4.05. The first-order chi connectivity index (χ1) is 13.5. The van der Waals surface area contributed by atoms with Crippen LogP contribution in [-0.4, -0.2) is 71.3 Å². The van der Waals surface area contributed by atoms with Crippen LogP contribution in [0, 0.1) is 6.92 Å². The van der Waals surface area contributed by atoms with Crippen LogP contribution in [0.3, 0.4) is 0 Å². The fourth-order valence-electron chi connectivity index (χ4n) is 4.08. The van der Waals surface area contributed by atoms with Crippen LogP contribution in [0.2, 0.25) is 0 Å². The van der Waals surface area contributed by atoms with Crippen molar-refractivity contribution in [2.45, 2.75) is 32.2 Å². The first-order valence-corrected chi connectivity index (χ1v) is 11.5. The van der Waals surface area contributed by atoms with Crippen LogP contribution in [0.5, 0.6) is 0 Å². The molecular weight excluding hydrogens is 392 g/mol. The Morgan fingerprint density at radius 3 is 2.71 bits per heavy atom. The SMILES string of the molecule is Cc1nc2c(s1)C(N(C)CC(=O)N1CCN(C(=O)c3cccs3)CC1)CCC2. The van der Waals surface area contributed by atoms with E-state index >= 15 is 0 Å². The number of rotatable bonds is 4. The number of hydrogen-bond donors (Lipinski definition) is 0. The van der Waals surface area contributed by atoms with Gasteiger partial charge in [-0.2, -0.15) is 0 Å². The summed E-state index contributed by atoms with van der Waals surface area (Å²) >= 11 is 3.24. The zero-order chi connectivity index (χ0) is 19.7. The Kier molecular flexibility index (Phi) is 5.80. The summed E-state index contributed by atoms with van der Waals surface area (Å²) in [6.45, 7) is 4.91. The summed E-state index contributed by atoms with van der Waals surface area (Å²) in [5.74, 6) is 0.230. The van der Waals surface area contributed by atoms with E-state index in [1.807, 2.05) is 34.4 Å². The zero-order valence-electron chi connectivity index (χ0n) is 16.4. The molecule has 1 atom stereocenters. The van der Waals surface area contributed by atoms with E-state index in [1.54, 1.807) is 11.3 Å². The smallest absolute Gasteiger partial charge is 0.264 e. The second-order valence-electron chi connectivity index (χ2n) is 7.52. The van der Waals surface area contributed by atoms with Crippen molar-refractivity contribution in [3.05, 3.63) is 38.0 Å². The van der Waals surface area contributed by atoms with E-state index in [1.165, 1.54) is 21.9 Å². The first kappa shape index (κ1) is 19.5. The number of amides is 2. The lowest BCUT2D eigenvalue weighted by Gasteiger charge is -2.36. The van der Waals surface area contributed by atoms with Gasteiger partial charge in [0.1, 0.15) is 0 Å². The van der Waals surface area contributed by atoms with Crippen LogP contribution < -0.4 is 0 Å². The maximum atomic E-state index is 12.8. The van der Waals surface area contributed by atoms with E-state index in [0.717, 1.165) is 29.1 Å². The number of aromatic nitrogens is 1. The maximum Gasteiger partial charge on any atom is 0.264 e. The van der Waals surface area contributed by atoms with E-state index < -0.39 is 0 Å². The predicted molar refractivity (Wildman–Crippen MR) is 112 cm³/mol. The van der Waals surface area contributed by atoms with Gasteiger partial charge in [0.2, 0.25) is 5.91 Å². The van der Waals surface area contributed by atoms with Crippen LogP contribution in [0.15, 0.2) is 17.5 Å². The highest BCUT2D eigenvalue weighted by atomic mass is 32.1. The number of fused-ring (bicyclic) bond motifs is 1. The van der Waals surface area contributed by atoms with E-state index in [9.17, 15) is 9.59 Å². The summed E-state index contributed by atoms with van der Waals surface area (Å²) in [5.41, 5.74) is 1.22. The van der Waals surface area contributed by atoms with Crippen molar-refractivity contribution in [2.24, 2.45) is 0 Å². The molecule has 6 nitrogen and oxygen atoms in total. The number of piperazine rings is 1. The third-order valence-electron chi connectivity index (χ3n) is 5.60. The fourth-order valence-corrected chi connectivity index (χ4v) is 5.94. The summed E-state index contributed by atoms with van der Waals surface area (Å²) in [5, 5.41) is 3.03. The monoisotopic (exact) mass is 418 g/mol. The topological polar surface area (TPSA) is 56.8 Å². The summed E-state index contributed by atoms with van der Waals surface area (Å²) in [6.07, 6.45) is 3.27. The second-order valence-corrected chi connectivity index (χ2v) is 9.70. The number of nitrogens with zero attached hydrogens (tertiary/aromatic N) is 4. The van der Waals surface area contributed by atoms with E-state index in [-0.39, 0.29) is 11.8 Å². The lowest BCUT2D eigenvalue weighted by Crippen LogP contribution is -2.52. The fraction of sp³-hybridized carbons (Fsp3) is 0.550. The van der Waals surface area contributed by atoms with Crippen molar-refractivity contribution in [1.82, 2.24) is 19.7 Å². The van der Waals surface area contributed by atoms with Gasteiger partial charge in [0.15, 0.2) is 0 Å². The molecule has 0 radical (unpaired) electrons. The molecule has 0 bridgehead atoms. The number of carbonyl (C=O) groups is 2. The molecule has 0 saturated carbocycles. The Balaban J connectivity index is 1.32. The van der Waals surface area contributed by atoms with E-state index in [2.05, 4.69) is 16.8 Å². The van der Waals surface area contributed by atoms with Crippen molar-refractivity contribution < 1.29 is 9.59 Å². The molecule has 0 aromatic carbocycles. The highest BCUT2D eigenvalue weighted by Crippen LogP contribution is 2.37. The number of hydrogen-bond acceptors (Lipinski definition) is 6. The molecule has 1 aliphatic carbocycles. The molecule has 8 heteroatoms. The van der Waals surface area contributed by atoms with Crippen LogP contribution in [0.1, 0.15) is 44.1 Å². The molecule has 2 amide bonds. The van der Waals surface area contributed by atoms with Gasteiger partial charge >= 0.3 is 0 Å². The highest BCUT2D eigenvalue weighted by molar-refractivity contribution is 7.12. The van der Waals surface area contributed by atoms with Crippen molar-refractivity contribution in [2.75, 3.05) is 39.8 Å². The summed E-state index contributed by atoms with van der Waals surface area (Å²) in [7, 11) is 2.04. The van der Waals surface area contributed by atoms with Gasteiger partial charge in [0.25, 0.3) is 5.91 Å². The van der Waals surface area contributed by atoms with Crippen molar-refractivity contribution in [3.63, 3.8) is 0 Å². The third kappa shape index (κ3) is 3.99. The number of carbonyl (C=O) groups excluding carboxylic acids is 2. The summed E-state index contributed by atoms with van der Waals surface area (Å²) in [4.78, 5) is 38.0. The molecular formula is C20H26N4O2S2. The molecule has 1 aliphatic heterocycles. The quantitative estimate of drug-likeness (QED) is 0.766. The molecule has 4 rings (SSSR count). The molecule has 0 N–H and O–H groups in total. The normalized spacial score (nSPS) is 19.8. The molecule has 2 aromatic rings. The van der Waals surface area contributed by atoms with Gasteiger partial charge in [-0.1, -0.05) is 6.07 Å². The molecule has 1 fully saturated rings. The van der Waals surface area contributed by atoms with Crippen molar-refractivity contribution in [1.29, 1.82) is 0 Å². The van der Waals surface area contributed by atoms with E-state index in [0.29, 0.717) is 38.8 Å². The highest BCUT2D eigenvalue weighted by Gasteiger charge is 2.30. The average Bonchev–Trinajstić information content (AvgIpc) is 3.35. The van der Waals surface area contributed by atoms with Gasteiger partial charge in [-0.25, -0.2) is 4.98 Å². The van der Waals surface area contributed by atoms with Crippen LogP contribution in [-0.2, 0) is 11.2 Å². The molecule has 28 heavy (non-hydrogen) atoms. The third-order valence-corrected chi connectivity index (χ3v) is 7.57. The number of thiophene rings is 1. The predicted octanol–water partition coefficient (Wildman–Crippen LogP) is 2.81. The Morgan fingerprint density at radius 1 is 1.25 bits per heavy atom. The number of aryl methyl sites for hydroxylation is 2. The van der Waals surface area contributed by atoms with Gasteiger partial charge < -0.3 is 9.80 Å². The first-order valence-electron chi connectivity index (χ1n) is 9.80. The average molecular weight is 419 g/mol. The number of likely N-dealkylation sites (N-methyl/N-ethyl adjacent to an activating group) is 1. The molecule has 1 saturated heterocycles. The van der Waals surface area contributed by atoms with Crippen molar-refractivity contribution in [3.8, 4) is 0 Å². The maximum absolute atomic E-state index is 12.8. The van der Waals surface area contributed by atoms with E-state index in [4.69, 9.17) is 0 Å². The molecule has 3 heterocycles. The lowest BCUT2D eigenvalue weighted by molar-refractivity contribution is -0.134. The van der Waals surface area contributed by atoms with Gasteiger partial charge in [0.05, 0.1) is 22.1 Å². The molecule has 0 spiro atoms. The molecule has 1 unspecified atom stereocenters. The van der Waals surface area contributed by atoms with Crippen LogP contribution >= 0.6 is 22.7 Å². The van der Waals surface area contributed by atoms with Gasteiger partial charge in [-0.05, 0) is 44.7 Å². The second kappa shape index (κ2) is 8.31. The summed E-state index contributed by atoms with van der Waals surface area (Å²) < 4.78 is 0. The van der Waals surface area contributed by atoms with Crippen LogP contribution in [0.4, 0.5) is 0 Å².